The summed E-state index contributed by atoms with van der Waals surface area (Å²) in [6.45, 7) is 14.6. The van der Waals surface area contributed by atoms with Crippen molar-refractivity contribution >= 4 is 0 Å². The van der Waals surface area contributed by atoms with Crippen molar-refractivity contribution in [2.45, 2.75) is 98.7 Å². The van der Waals surface area contributed by atoms with E-state index < -0.39 is 0 Å². The summed E-state index contributed by atoms with van der Waals surface area (Å²) in [5, 5.41) is 0. The van der Waals surface area contributed by atoms with Crippen LogP contribution in [0.2, 0.25) is 0 Å². The number of hydrogen-bond donors (Lipinski definition) is 0. The molecule has 0 amide bonds. The van der Waals surface area contributed by atoms with E-state index in [-0.39, 0.29) is 5.79 Å². The van der Waals surface area contributed by atoms with E-state index in [0.717, 1.165) is 30.8 Å². The molecule has 1 aromatic carbocycles. The normalized spacial score (nSPS) is 18.4. The number of benzene rings is 1. The Hall–Kier alpha value is -1.18. The minimum absolute atomic E-state index is 0.352. The maximum Gasteiger partial charge on any atom is 0.251 e. The van der Waals surface area contributed by atoms with Gasteiger partial charge in [0.05, 0.1) is 0 Å². The summed E-state index contributed by atoms with van der Waals surface area (Å²) in [7, 11) is 0. The van der Waals surface area contributed by atoms with Gasteiger partial charge in [0, 0.05) is 18.4 Å². The van der Waals surface area contributed by atoms with Gasteiger partial charge in [0.15, 0.2) is 11.5 Å². The molecule has 23 heavy (non-hydrogen) atoms. The van der Waals surface area contributed by atoms with E-state index in [0.29, 0.717) is 5.92 Å². The van der Waals surface area contributed by atoms with Gasteiger partial charge < -0.3 is 9.47 Å². The van der Waals surface area contributed by atoms with Crippen LogP contribution in [0.5, 0.6) is 11.5 Å². The summed E-state index contributed by atoms with van der Waals surface area (Å²) in [6, 6.07) is 4.39. The summed E-state index contributed by atoms with van der Waals surface area (Å²) < 4.78 is 12.6. The quantitative estimate of drug-likeness (QED) is 0.584. The zero-order valence-corrected chi connectivity index (χ0v) is 16.3. The van der Waals surface area contributed by atoms with Crippen LogP contribution in [0.1, 0.15) is 97.1 Å². The number of fused-ring (bicyclic) bond motifs is 1. The Balaban J connectivity index is 0.000000615. The molecule has 1 fully saturated rings. The highest BCUT2D eigenvalue weighted by Gasteiger charge is 2.44. The Morgan fingerprint density at radius 2 is 1.52 bits per heavy atom. The van der Waals surface area contributed by atoms with Crippen LogP contribution >= 0.6 is 0 Å². The third kappa shape index (κ3) is 4.22. The molecule has 1 aliphatic carbocycles. The molecule has 1 unspecified atom stereocenters. The Morgan fingerprint density at radius 3 is 2.09 bits per heavy atom. The van der Waals surface area contributed by atoms with Crippen molar-refractivity contribution in [1.29, 1.82) is 0 Å². The number of rotatable bonds is 2. The van der Waals surface area contributed by atoms with Crippen molar-refractivity contribution < 1.29 is 9.47 Å². The lowest BCUT2D eigenvalue weighted by molar-refractivity contribution is -0.105. The molecule has 1 spiro atoms. The molecule has 132 valence electrons. The lowest BCUT2D eigenvalue weighted by Crippen LogP contribution is -2.40. The van der Waals surface area contributed by atoms with Gasteiger partial charge in [-0.3, -0.25) is 0 Å². The molecule has 1 aliphatic heterocycles. The predicted molar refractivity (Wildman–Crippen MR) is 99.7 cm³/mol. The van der Waals surface area contributed by atoms with Crippen LogP contribution in [-0.4, -0.2) is 5.79 Å². The highest BCUT2D eigenvalue weighted by molar-refractivity contribution is 5.55. The smallest absolute Gasteiger partial charge is 0.251 e. The maximum absolute atomic E-state index is 6.35. The van der Waals surface area contributed by atoms with Crippen molar-refractivity contribution in [1.82, 2.24) is 0 Å². The van der Waals surface area contributed by atoms with Crippen LogP contribution < -0.4 is 9.47 Å². The lowest BCUT2D eigenvalue weighted by Gasteiger charge is -2.31. The second kappa shape index (κ2) is 9.20. The summed E-state index contributed by atoms with van der Waals surface area (Å²) in [4.78, 5) is 0. The van der Waals surface area contributed by atoms with Crippen LogP contribution in [-0.2, 0) is 0 Å². The van der Waals surface area contributed by atoms with Gasteiger partial charge in [0.2, 0.25) is 0 Å². The summed E-state index contributed by atoms with van der Waals surface area (Å²) in [5.41, 5.74) is 2.51. The first-order valence-corrected chi connectivity index (χ1v) is 9.67. The van der Waals surface area contributed by atoms with E-state index in [4.69, 9.17) is 9.47 Å². The first kappa shape index (κ1) is 19.9. The Morgan fingerprint density at radius 1 is 0.957 bits per heavy atom. The van der Waals surface area contributed by atoms with Crippen molar-refractivity contribution in [3.8, 4) is 11.5 Å². The van der Waals surface area contributed by atoms with Crippen LogP contribution in [0.15, 0.2) is 12.1 Å². The van der Waals surface area contributed by atoms with Crippen LogP contribution in [0.25, 0.3) is 0 Å². The fraction of sp³-hybridized carbons (Fsp3) is 0.714. The number of hydrogen-bond acceptors (Lipinski definition) is 2. The summed E-state index contributed by atoms with van der Waals surface area (Å²) >= 11 is 0. The standard InChI is InChI=1S/C17H24O2.2C2H6/c1-4-12(2)14-9-8-13(3)15-16(14)19-17(18-15)10-6-5-7-11-17;2*1-2/h8-9,12H,4-7,10-11H2,1-3H3;2*1-2H3. The molecule has 3 rings (SSSR count). The van der Waals surface area contributed by atoms with Crippen molar-refractivity contribution in [2.75, 3.05) is 0 Å². The Bertz CT molecular complexity index is 473. The van der Waals surface area contributed by atoms with E-state index in [9.17, 15) is 0 Å². The average molecular weight is 321 g/mol. The van der Waals surface area contributed by atoms with E-state index in [1.54, 1.807) is 0 Å². The molecule has 1 saturated carbocycles. The molecule has 2 heteroatoms. The zero-order chi connectivity index (χ0) is 17.5. The van der Waals surface area contributed by atoms with E-state index >= 15 is 0 Å². The van der Waals surface area contributed by atoms with Crippen LogP contribution in [0.4, 0.5) is 0 Å². The number of ether oxygens (including phenoxy) is 2. The predicted octanol–water partition coefficient (Wildman–Crippen LogP) is 6.99. The average Bonchev–Trinajstić information content (AvgIpc) is 2.98. The summed E-state index contributed by atoms with van der Waals surface area (Å²) in [6.07, 6.45) is 6.92. The van der Waals surface area contributed by atoms with E-state index in [1.807, 2.05) is 27.7 Å². The molecule has 2 nitrogen and oxygen atoms in total. The van der Waals surface area contributed by atoms with Gasteiger partial charge in [-0.2, -0.15) is 0 Å². The van der Waals surface area contributed by atoms with Gasteiger partial charge >= 0.3 is 0 Å². The Labute approximate surface area is 143 Å². The Kier molecular flexibility index (Phi) is 7.94. The van der Waals surface area contributed by atoms with Gasteiger partial charge in [0.25, 0.3) is 5.79 Å². The minimum Gasteiger partial charge on any atom is -0.448 e. The highest BCUT2D eigenvalue weighted by atomic mass is 16.7. The van der Waals surface area contributed by atoms with Crippen molar-refractivity contribution in [2.24, 2.45) is 0 Å². The van der Waals surface area contributed by atoms with Crippen molar-refractivity contribution in [3.63, 3.8) is 0 Å². The third-order valence-corrected chi connectivity index (χ3v) is 4.67. The molecule has 1 atom stereocenters. The second-order valence-corrected chi connectivity index (χ2v) is 6.11. The molecule has 0 radical (unpaired) electrons. The SMILES string of the molecule is CC.CC.CCC(C)c1ccc(C)c2c1OC1(CCCCC1)O2. The molecule has 1 aromatic rings. The molecular weight excluding hydrogens is 284 g/mol. The monoisotopic (exact) mass is 320 g/mol. The molecular formula is C21H36O2. The summed E-state index contributed by atoms with van der Waals surface area (Å²) in [5.74, 6) is 2.20. The fourth-order valence-corrected chi connectivity index (χ4v) is 3.20. The van der Waals surface area contributed by atoms with Gasteiger partial charge in [-0.15, -0.1) is 0 Å². The van der Waals surface area contributed by atoms with Crippen molar-refractivity contribution in [3.05, 3.63) is 23.3 Å². The number of aryl methyl sites for hydroxylation is 1. The molecule has 0 aromatic heterocycles. The first-order valence-electron chi connectivity index (χ1n) is 9.67. The largest absolute Gasteiger partial charge is 0.448 e. The minimum atomic E-state index is -0.352. The maximum atomic E-state index is 6.35. The molecule has 0 N–H and O–H groups in total. The van der Waals surface area contributed by atoms with Crippen LogP contribution in [0, 0.1) is 6.92 Å². The molecule has 1 heterocycles. The molecule has 2 aliphatic rings. The molecule has 0 bridgehead atoms. The van der Waals surface area contributed by atoms with Gasteiger partial charge in [-0.25, -0.2) is 0 Å². The fourth-order valence-electron chi connectivity index (χ4n) is 3.20. The van der Waals surface area contributed by atoms with Gasteiger partial charge in [0.1, 0.15) is 0 Å². The lowest BCUT2D eigenvalue weighted by atomic mass is 9.94. The first-order chi connectivity index (χ1) is 11.2. The zero-order valence-electron chi connectivity index (χ0n) is 16.3. The highest BCUT2D eigenvalue weighted by Crippen LogP contribution is 2.50. The van der Waals surface area contributed by atoms with E-state index in [1.165, 1.54) is 30.4 Å². The third-order valence-electron chi connectivity index (χ3n) is 4.67. The van der Waals surface area contributed by atoms with Crippen LogP contribution in [0.3, 0.4) is 0 Å². The van der Waals surface area contributed by atoms with E-state index in [2.05, 4.69) is 32.9 Å². The topological polar surface area (TPSA) is 18.5 Å². The van der Waals surface area contributed by atoms with Gasteiger partial charge in [-0.05, 0) is 37.7 Å². The van der Waals surface area contributed by atoms with Gasteiger partial charge in [-0.1, -0.05) is 60.1 Å². The molecule has 0 saturated heterocycles. The second-order valence-electron chi connectivity index (χ2n) is 6.11.